The molecule has 0 aliphatic carbocycles. The molecular formula is C8H10N4O3S2. The molecule has 1 aromatic heterocycles. The van der Waals surface area contributed by atoms with E-state index in [9.17, 15) is 13.2 Å². The van der Waals surface area contributed by atoms with Gasteiger partial charge in [0.25, 0.3) is 0 Å². The molecule has 1 amide bonds. The van der Waals surface area contributed by atoms with E-state index in [-0.39, 0.29) is 15.6 Å². The van der Waals surface area contributed by atoms with Gasteiger partial charge in [-0.05, 0) is 12.1 Å². The maximum absolute atomic E-state index is 11.8. The van der Waals surface area contributed by atoms with Crippen molar-refractivity contribution in [1.82, 2.24) is 9.71 Å². The van der Waals surface area contributed by atoms with Crippen molar-refractivity contribution in [2.24, 2.45) is 11.5 Å². The van der Waals surface area contributed by atoms with E-state index in [0.717, 1.165) is 0 Å². The summed E-state index contributed by atoms with van der Waals surface area (Å²) in [6, 6.07) is 2.70. The molecule has 9 heteroatoms. The third-order valence-electron chi connectivity index (χ3n) is 1.73. The third-order valence-corrected chi connectivity index (χ3v) is 3.36. The number of amides is 1. The van der Waals surface area contributed by atoms with Crippen LogP contribution in [0.15, 0.2) is 23.2 Å². The number of nitrogens with two attached hydrogens (primary N) is 2. The van der Waals surface area contributed by atoms with Crippen molar-refractivity contribution in [2.45, 2.75) is 4.90 Å². The molecule has 0 radical (unpaired) electrons. The molecule has 0 aliphatic heterocycles. The van der Waals surface area contributed by atoms with Crippen LogP contribution in [0.3, 0.4) is 0 Å². The summed E-state index contributed by atoms with van der Waals surface area (Å²) < 4.78 is 25.6. The predicted octanol–water partition coefficient (Wildman–Crippen LogP) is -1.52. The first-order chi connectivity index (χ1) is 7.84. The lowest BCUT2D eigenvalue weighted by molar-refractivity contribution is -0.116. The second-order valence-electron chi connectivity index (χ2n) is 3.01. The van der Waals surface area contributed by atoms with Crippen molar-refractivity contribution in [3.8, 4) is 0 Å². The first-order valence-corrected chi connectivity index (χ1v) is 6.26. The quantitative estimate of drug-likeness (QED) is 0.559. The molecular weight excluding hydrogens is 264 g/mol. The number of hydrogen-bond acceptors (Lipinski definition) is 5. The molecule has 0 saturated heterocycles. The van der Waals surface area contributed by atoms with Gasteiger partial charge in [-0.2, -0.15) is 0 Å². The number of primary amides is 1. The van der Waals surface area contributed by atoms with E-state index in [1.54, 1.807) is 0 Å². The first kappa shape index (κ1) is 13.5. The van der Waals surface area contributed by atoms with Crippen molar-refractivity contribution in [2.75, 3.05) is 6.54 Å². The summed E-state index contributed by atoms with van der Waals surface area (Å²) in [7, 11) is -3.91. The van der Waals surface area contributed by atoms with Crippen molar-refractivity contribution in [3.63, 3.8) is 0 Å². The highest BCUT2D eigenvalue weighted by Gasteiger charge is 2.20. The van der Waals surface area contributed by atoms with E-state index in [2.05, 4.69) is 17.2 Å². The summed E-state index contributed by atoms with van der Waals surface area (Å²) in [5.74, 6) is -0.797. The van der Waals surface area contributed by atoms with Crippen LogP contribution in [-0.4, -0.2) is 30.8 Å². The van der Waals surface area contributed by atoms with E-state index in [0.29, 0.717) is 0 Å². The zero-order chi connectivity index (χ0) is 13.1. The normalized spacial score (nSPS) is 11.1. The Labute approximate surface area is 103 Å². The van der Waals surface area contributed by atoms with E-state index >= 15 is 0 Å². The Balaban J connectivity index is 3.15. The number of rotatable bonds is 5. The fourth-order valence-electron chi connectivity index (χ4n) is 1.04. The lowest BCUT2D eigenvalue weighted by Gasteiger charge is -2.08. The number of carbonyl (C=O) groups excluding carboxylic acids is 1. The average Bonchev–Trinajstić information content (AvgIpc) is 2.26. The average molecular weight is 274 g/mol. The van der Waals surface area contributed by atoms with Gasteiger partial charge in [-0.3, -0.25) is 9.78 Å². The van der Waals surface area contributed by atoms with Crippen molar-refractivity contribution in [3.05, 3.63) is 24.0 Å². The van der Waals surface area contributed by atoms with Crippen LogP contribution in [0.1, 0.15) is 5.69 Å². The van der Waals surface area contributed by atoms with Crippen molar-refractivity contribution < 1.29 is 13.2 Å². The fraction of sp³-hybridized carbons (Fsp3) is 0.125. The summed E-state index contributed by atoms with van der Waals surface area (Å²) >= 11 is 4.69. The van der Waals surface area contributed by atoms with Crippen molar-refractivity contribution >= 4 is 33.1 Å². The molecule has 0 spiro atoms. The lowest BCUT2D eigenvalue weighted by atomic mass is 10.3. The number of nitrogens with zero attached hydrogens (tertiary/aromatic N) is 1. The summed E-state index contributed by atoms with van der Waals surface area (Å²) in [6.07, 6.45) is 1.36. The minimum Gasteiger partial charge on any atom is -0.388 e. The van der Waals surface area contributed by atoms with E-state index in [1.807, 2.05) is 4.72 Å². The Hall–Kier alpha value is -1.58. The number of nitrogens with one attached hydrogen (secondary N) is 1. The maximum atomic E-state index is 11.8. The van der Waals surface area contributed by atoms with Gasteiger partial charge in [-0.1, -0.05) is 12.2 Å². The van der Waals surface area contributed by atoms with Gasteiger partial charge in [0.1, 0.15) is 15.6 Å². The highest BCUT2D eigenvalue weighted by molar-refractivity contribution is 7.89. The topological polar surface area (TPSA) is 128 Å². The number of carbonyl (C=O) groups is 1. The molecule has 1 heterocycles. The van der Waals surface area contributed by atoms with Crippen LogP contribution in [-0.2, 0) is 14.8 Å². The summed E-state index contributed by atoms with van der Waals surface area (Å²) in [4.78, 5) is 14.0. The molecule has 1 aromatic rings. The zero-order valence-corrected chi connectivity index (χ0v) is 10.2. The molecule has 1 rings (SSSR count). The second kappa shape index (κ2) is 5.17. The van der Waals surface area contributed by atoms with E-state index < -0.39 is 22.5 Å². The molecule has 0 aliphatic rings. The van der Waals surface area contributed by atoms with E-state index in [4.69, 9.17) is 11.5 Å². The largest absolute Gasteiger partial charge is 0.388 e. The van der Waals surface area contributed by atoms with Gasteiger partial charge in [0.2, 0.25) is 15.9 Å². The van der Waals surface area contributed by atoms with Crippen LogP contribution in [0.4, 0.5) is 0 Å². The number of aromatic nitrogens is 1. The number of thiocarbonyl (C=S) groups is 1. The summed E-state index contributed by atoms with van der Waals surface area (Å²) in [5.41, 5.74) is 10.2. The van der Waals surface area contributed by atoms with Crippen LogP contribution in [0, 0.1) is 0 Å². The standard InChI is InChI=1S/C8H10N4O3S2/c9-6(13)4-12-17(14,15)5-2-1-3-11-7(5)8(10)16/h1-3,12H,4H2,(H2,9,13)(H2,10,16). The third kappa shape index (κ3) is 3.44. The Kier molecular flexibility index (Phi) is 4.10. The highest BCUT2D eigenvalue weighted by atomic mass is 32.2. The van der Waals surface area contributed by atoms with Gasteiger partial charge in [0, 0.05) is 6.20 Å². The molecule has 0 fully saturated rings. The van der Waals surface area contributed by atoms with Crippen LogP contribution in [0.2, 0.25) is 0 Å². The lowest BCUT2D eigenvalue weighted by Crippen LogP contribution is -2.34. The molecule has 17 heavy (non-hydrogen) atoms. The van der Waals surface area contributed by atoms with E-state index in [1.165, 1.54) is 18.3 Å². The Morgan fingerprint density at radius 2 is 2.12 bits per heavy atom. The molecule has 0 aromatic carbocycles. The summed E-state index contributed by atoms with van der Waals surface area (Å²) in [5, 5.41) is 0. The van der Waals surface area contributed by atoms with Crippen LogP contribution in [0.5, 0.6) is 0 Å². The monoisotopic (exact) mass is 274 g/mol. The Bertz CT molecular complexity index is 556. The predicted molar refractivity (Wildman–Crippen MR) is 64.5 cm³/mol. The SMILES string of the molecule is NC(=O)CNS(=O)(=O)c1cccnc1C(N)=S. The first-order valence-electron chi connectivity index (χ1n) is 4.37. The zero-order valence-electron chi connectivity index (χ0n) is 8.58. The minimum atomic E-state index is -3.91. The summed E-state index contributed by atoms with van der Waals surface area (Å²) in [6.45, 7) is -0.506. The van der Waals surface area contributed by atoms with Gasteiger partial charge in [0.05, 0.1) is 6.54 Å². The van der Waals surface area contributed by atoms with Gasteiger partial charge in [-0.15, -0.1) is 0 Å². The number of sulfonamides is 1. The number of hydrogen-bond donors (Lipinski definition) is 3. The number of pyridine rings is 1. The fourth-order valence-corrected chi connectivity index (χ4v) is 2.43. The Morgan fingerprint density at radius 1 is 1.47 bits per heavy atom. The van der Waals surface area contributed by atoms with Crippen LogP contribution >= 0.6 is 12.2 Å². The van der Waals surface area contributed by atoms with Gasteiger partial charge in [0.15, 0.2) is 0 Å². The van der Waals surface area contributed by atoms with Crippen LogP contribution < -0.4 is 16.2 Å². The molecule has 7 nitrogen and oxygen atoms in total. The smallest absolute Gasteiger partial charge is 0.243 e. The highest BCUT2D eigenvalue weighted by Crippen LogP contribution is 2.12. The molecule has 0 saturated carbocycles. The molecule has 92 valence electrons. The maximum Gasteiger partial charge on any atom is 0.243 e. The Morgan fingerprint density at radius 3 is 2.65 bits per heavy atom. The van der Waals surface area contributed by atoms with Gasteiger partial charge >= 0.3 is 0 Å². The second-order valence-corrected chi connectivity index (χ2v) is 5.18. The van der Waals surface area contributed by atoms with Gasteiger partial charge in [-0.25, -0.2) is 13.1 Å². The van der Waals surface area contributed by atoms with Crippen LogP contribution in [0.25, 0.3) is 0 Å². The minimum absolute atomic E-state index is 0.0283. The molecule has 0 atom stereocenters. The van der Waals surface area contributed by atoms with Crippen molar-refractivity contribution in [1.29, 1.82) is 0 Å². The molecule has 0 unspecified atom stereocenters. The molecule has 5 N–H and O–H groups in total. The molecule has 0 bridgehead atoms. The van der Waals surface area contributed by atoms with Gasteiger partial charge < -0.3 is 11.5 Å².